The molecule has 21 nitrogen and oxygen atoms in total. The number of hydrogen-bond donors (Lipinski definition) is 11. The fourth-order valence-electron chi connectivity index (χ4n) is 6.55. The summed E-state index contributed by atoms with van der Waals surface area (Å²) in [6.07, 6.45) is -3.85. The van der Waals surface area contributed by atoms with Gasteiger partial charge in [0.05, 0.1) is 18.9 Å². The van der Waals surface area contributed by atoms with Crippen molar-refractivity contribution in [2.75, 3.05) is 0 Å². The van der Waals surface area contributed by atoms with Gasteiger partial charge in [-0.15, -0.1) is 0 Å². The number of hydrogen-bond acceptors (Lipinski definition) is 11. The summed E-state index contributed by atoms with van der Waals surface area (Å²) < 4.78 is 0. The Hall–Kier alpha value is -7.68. The van der Waals surface area contributed by atoms with Crippen LogP contribution in [0, 0.1) is 5.92 Å². The Bertz CT molecular complexity index is 2210. The van der Waals surface area contributed by atoms with Gasteiger partial charge in [-0.2, -0.15) is 0 Å². The van der Waals surface area contributed by atoms with Crippen LogP contribution in [0.15, 0.2) is 91.0 Å². The highest BCUT2D eigenvalue weighted by atomic mass is 16.4. The number of carboxylic acid groups (broad SMARTS) is 3. The van der Waals surface area contributed by atoms with Crippen molar-refractivity contribution in [1.29, 1.82) is 0 Å². The van der Waals surface area contributed by atoms with Crippen LogP contribution in [-0.2, 0) is 56.0 Å². The van der Waals surface area contributed by atoms with E-state index in [1.54, 1.807) is 105 Å². The molecule has 0 aliphatic heterocycles. The maximum absolute atomic E-state index is 13.8. The number of carbonyl (C=O) groups excluding carboxylic acids is 7. The van der Waals surface area contributed by atoms with Crippen LogP contribution in [0.1, 0.15) is 68.4 Å². The molecule has 3 aromatic carbocycles. The van der Waals surface area contributed by atoms with Crippen molar-refractivity contribution in [3.8, 4) is 0 Å². The van der Waals surface area contributed by atoms with Crippen LogP contribution in [0.4, 0.5) is 0 Å². The summed E-state index contributed by atoms with van der Waals surface area (Å²) in [5, 5.41) is 55.9. The van der Waals surface area contributed by atoms with E-state index in [0.29, 0.717) is 11.1 Å². The Morgan fingerprint density at radius 3 is 1.31 bits per heavy atom. The van der Waals surface area contributed by atoms with Gasteiger partial charge < -0.3 is 57.6 Å². The lowest BCUT2D eigenvalue weighted by Gasteiger charge is -2.28. The average Bonchev–Trinajstić information content (AvgIpc) is 3.27. The summed E-state index contributed by atoms with van der Waals surface area (Å²) in [5.41, 5.74) is 1.45. The standard InChI is InChI=1S/C46H57N7O14/c1-25(2)20-31(51-45(65)38(27(4)54)53-44(64)32(21-28-14-8-5-9-15-28)49-40(60)30-18-12-7-13-19-30)42(62)50-33(23-36(55)56)41(61)47-26(3)39(59)48-34(24-37(57)58)43(63)52-35(46(66)67)22-29-16-10-6-11-17-29/h5-19,25-27,31-35,38,54H,20-24H2,1-4H3,(H,47,61)(H,48,59)(H,49,60)(H,50,62)(H,51,65)(H,52,63)(H,53,64)(H,55,56)(H,57,58)(H,66,67)/t26-,27-,31-,32-,33-,34-,35-,38-/m0/s1. The van der Waals surface area contributed by atoms with E-state index >= 15 is 0 Å². The third kappa shape index (κ3) is 18.4. The Kier molecular flexibility index (Phi) is 21.1. The van der Waals surface area contributed by atoms with Crippen molar-refractivity contribution in [3.63, 3.8) is 0 Å². The Morgan fingerprint density at radius 1 is 0.448 bits per heavy atom. The van der Waals surface area contributed by atoms with Gasteiger partial charge in [-0.05, 0) is 49.4 Å². The van der Waals surface area contributed by atoms with Crippen LogP contribution in [0.2, 0.25) is 0 Å². The van der Waals surface area contributed by atoms with Crippen molar-refractivity contribution in [2.45, 2.75) is 108 Å². The van der Waals surface area contributed by atoms with Crippen LogP contribution in [0.3, 0.4) is 0 Å². The molecule has 0 unspecified atom stereocenters. The lowest BCUT2D eigenvalue weighted by Crippen LogP contribution is -2.61. The van der Waals surface area contributed by atoms with Gasteiger partial charge in [0.15, 0.2) is 0 Å². The van der Waals surface area contributed by atoms with Gasteiger partial charge in [0.2, 0.25) is 35.4 Å². The minimum atomic E-state index is -1.88. The van der Waals surface area contributed by atoms with Crippen molar-refractivity contribution >= 4 is 59.3 Å². The number of carboxylic acids is 3. The highest BCUT2D eigenvalue weighted by molar-refractivity contribution is 6.00. The maximum Gasteiger partial charge on any atom is 0.326 e. The molecule has 8 atom stereocenters. The normalized spacial score (nSPS) is 14.5. The van der Waals surface area contributed by atoms with Crippen LogP contribution in [-0.4, -0.2) is 128 Å². The van der Waals surface area contributed by atoms with Crippen molar-refractivity contribution in [2.24, 2.45) is 5.92 Å². The highest BCUT2D eigenvalue weighted by Gasteiger charge is 2.36. The predicted molar refractivity (Wildman–Crippen MR) is 239 cm³/mol. The Balaban J connectivity index is 1.75. The van der Waals surface area contributed by atoms with Crippen molar-refractivity contribution in [3.05, 3.63) is 108 Å². The van der Waals surface area contributed by atoms with Crippen LogP contribution in [0.5, 0.6) is 0 Å². The van der Waals surface area contributed by atoms with E-state index in [2.05, 4.69) is 37.2 Å². The molecule has 0 saturated carbocycles. The molecule has 11 N–H and O–H groups in total. The quantitative estimate of drug-likeness (QED) is 0.0491. The van der Waals surface area contributed by atoms with E-state index in [4.69, 9.17) is 0 Å². The van der Waals surface area contributed by atoms with E-state index < -0.39 is 120 Å². The minimum absolute atomic E-state index is 0.00820. The molecule has 0 saturated heterocycles. The third-order valence-electron chi connectivity index (χ3n) is 10.0. The summed E-state index contributed by atoms with van der Waals surface area (Å²) in [6.45, 7) is 5.70. The van der Waals surface area contributed by atoms with Gasteiger partial charge >= 0.3 is 17.9 Å². The molecular weight excluding hydrogens is 875 g/mol. The van der Waals surface area contributed by atoms with E-state index in [1.807, 2.05) is 0 Å². The van der Waals surface area contributed by atoms with Crippen molar-refractivity contribution in [1.82, 2.24) is 37.2 Å². The van der Waals surface area contributed by atoms with E-state index in [1.165, 1.54) is 6.92 Å². The number of carbonyl (C=O) groups is 10. The zero-order chi connectivity index (χ0) is 49.8. The van der Waals surface area contributed by atoms with Gasteiger partial charge in [0.1, 0.15) is 42.3 Å². The first-order valence-electron chi connectivity index (χ1n) is 21.3. The second-order valence-corrected chi connectivity index (χ2v) is 16.1. The second kappa shape index (κ2) is 26.3. The number of aliphatic hydroxyl groups is 1. The van der Waals surface area contributed by atoms with Crippen LogP contribution in [0.25, 0.3) is 0 Å². The largest absolute Gasteiger partial charge is 0.481 e. The zero-order valence-corrected chi connectivity index (χ0v) is 37.3. The molecule has 67 heavy (non-hydrogen) atoms. The molecule has 7 amide bonds. The highest BCUT2D eigenvalue weighted by Crippen LogP contribution is 2.11. The van der Waals surface area contributed by atoms with Gasteiger partial charge in [-0.1, -0.05) is 92.7 Å². The second-order valence-electron chi connectivity index (χ2n) is 16.1. The lowest BCUT2D eigenvalue weighted by atomic mass is 10.0. The molecule has 3 rings (SSSR count). The fourth-order valence-corrected chi connectivity index (χ4v) is 6.55. The maximum atomic E-state index is 13.8. The van der Waals surface area contributed by atoms with Gasteiger partial charge in [-0.3, -0.25) is 43.2 Å². The first-order valence-corrected chi connectivity index (χ1v) is 21.3. The van der Waals surface area contributed by atoms with Crippen LogP contribution >= 0.6 is 0 Å². The first kappa shape index (κ1) is 53.7. The Morgan fingerprint density at radius 2 is 0.851 bits per heavy atom. The molecule has 21 heteroatoms. The SMILES string of the molecule is CC(C)C[C@H](NC(=O)[C@@H](NC(=O)[C@H](Cc1ccccc1)NC(=O)c1ccccc1)[C@H](C)O)C(=O)N[C@@H](CC(=O)O)C(=O)N[C@@H](C)C(=O)N[C@@H](CC(=O)O)C(=O)N[C@@H](Cc1ccccc1)C(=O)O. The fraction of sp³-hybridized carbons (Fsp3) is 0.391. The molecule has 0 aliphatic rings. The number of aliphatic carboxylic acids is 3. The number of benzene rings is 3. The lowest BCUT2D eigenvalue weighted by molar-refractivity contribution is -0.143. The predicted octanol–water partition coefficient (Wildman–Crippen LogP) is -0.340. The summed E-state index contributed by atoms with van der Waals surface area (Å²) in [6, 6.07) is 13.7. The van der Waals surface area contributed by atoms with E-state index in [-0.39, 0.29) is 30.7 Å². The summed E-state index contributed by atoms with van der Waals surface area (Å²) in [5.74, 6) is -11.9. The summed E-state index contributed by atoms with van der Waals surface area (Å²) >= 11 is 0. The number of nitrogens with one attached hydrogen (secondary N) is 7. The summed E-state index contributed by atoms with van der Waals surface area (Å²) in [7, 11) is 0. The molecule has 0 fully saturated rings. The number of amides is 7. The van der Waals surface area contributed by atoms with Gasteiger partial charge in [-0.25, -0.2) is 4.79 Å². The molecule has 0 aliphatic carbocycles. The molecular formula is C46H57N7O14. The zero-order valence-electron chi connectivity index (χ0n) is 37.3. The number of aliphatic hydroxyl groups excluding tert-OH is 1. The first-order chi connectivity index (χ1) is 31.6. The molecule has 360 valence electrons. The van der Waals surface area contributed by atoms with E-state index in [0.717, 1.165) is 6.92 Å². The molecule has 0 aromatic heterocycles. The minimum Gasteiger partial charge on any atom is -0.481 e. The molecule has 0 radical (unpaired) electrons. The van der Waals surface area contributed by atoms with Gasteiger partial charge in [0, 0.05) is 18.4 Å². The molecule has 0 spiro atoms. The van der Waals surface area contributed by atoms with Crippen LogP contribution < -0.4 is 37.2 Å². The molecule has 0 bridgehead atoms. The monoisotopic (exact) mass is 931 g/mol. The average molecular weight is 932 g/mol. The smallest absolute Gasteiger partial charge is 0.326 e. The molecule has 0 heterocycles. The van der Waals surface area contributed by atoms with E-state index in [9.17, 15) is 68.4 Å². The third-order valence-corrected chi connectivity index (χ3v) is 10.0. The number of rotatable bonds is 26. The van der Waals surface area contributed by atoms with Gasteiger partial charge in [0.25, 0.3) is 5.91 Å². The van der Waals surface area contributed by atoms with Crippen molar-refractivity contribution < 1.29 is 68.4 Å². The Labute approximate surface area is 385 Å². The topological polar surface area (TPSA) is 336 Å². The molecule has 3 aromatic rings. The summed E-state index contributed by atoms with van der Waals surface area (Å²) in [4.78, 5) is 130.